The molecule has 0 unspecified atom stereocenters. The Morgan fingerprint density at radius 1 is 1.23 bits per heavy atom. The van der Waals surface area contributed by atoms with Crippen LogP contribution in [-0.2, 0) is 0 Å². The van der Waals surface area contributed by atoms with Crippen LogP contribution in [0.1, 0.15) is 10.4 Å². The molecule has 0 spiro atoms. The minimum Gasteiger partial charge on any atom is -0.490 e. The van der Waals surface area contributed by atoms with Crippen LogP contribution in [0.3, 0.4) is 0 Å². The number of carbonyl (C=O) groups is 1. The van der Waals surface area contributed by atoms with Gasteiger partial charge in [-0.2, -0.15) is 0 Å². The molecule has 22 heavy (non-hydrogen) atoms. The quantitative estimate of drug-likeness (QED) is 0.721. The van der Waals surface area contributed by atoms with E-state index in [2.05, 4.69) is 16.9 Å². The van der Waals surface area contributed by atoms with Gasteiger partial charge in [-0.15, -0.1) is 0 Å². The second-order valence-corrected chi connectivity index (χ2v) is 5.60. The summed E-state index contributed by atoms with van der Waals surface area (Å²) >= 11 is 1.46. The van der Waals surface area contributed by atoms with Crippen LogP contribution < -0.4 is 10.1 Å². The maximum absolute atomic E-state index is 12.2. The lowest BCUT2D eigenvalue weighted by Gasteiger charge is -2.05. The predicted octanol–water partition coefficient (Wildman–Crippen LogP) is 4.11. The SMILES string of the molecule is C=CCOc1ccc(C(=O)Nc2nc3ccccc3s2)cc1. The van der Waals surface area contributed by atoms with Crippen molar-refractivity contribution in [2.45, 2.75) is 0 Å². The molecular formula is C17H14N2O2S. The molecule has 1 N–H and O–H groups in total. The highest BCUT2D eigenvalue weighted by molar-refractivity contribution is 7.22. The summed E-state index contributed by atoms with van der Waals surface area (Å²) in [6, 6.07) is 14.8. The molecule has 0 aliphatic carbocycles. The van der Waals surface area contributed by atoms with Crippen molar-refractivity contribution in [1.82, 2.24) is 4.98 Å². The third kappa shape index (κ3) is 3.15. The molecule has 0 aliphatic heterocycles. The van der Waals surface area contributed by atoms with Crippen LogP contribution in [0.2, 0.25) is 0 Å². The van der Waals surface area contributed by atoms with E-state index in [0.717, 1.165) is 10.2 Å². The smallest absolute Gasteiger partial charge is 0.257 e. The normalized spacial score (nSPS) is 10.4. The Morgan fingerprint density at radius 2 is 2.00 bits per heavy atom. The zero-order valence-electron chi connectivity index (χ0n) is 11.8. The van der Waals surface area contributed by atoms with Crippen molar-refractivity contribution < 1.29 is 9.53 Å². The van der Waals surface area contributed by atoms with Gasteiger partial charge < -0.3 is 4.74 Å². The van der Waals surface area contributed by atoms with Gasteiger partial charge in [0.25, 0.3) is 5.91 Å². The van der Waals surface area contributed by atoms with Crippen LogP contribution in [0.5, 0.6) is 5.75 Å². The molecule has 0 bridgehead atoms. The zero-order valence-corrected chi connectivity index (χ0v) is 12.6. The summed E-state index contributed by atoms with van der Waals surface area (Å²) in [6.07, 6.45) is 1.67. The number of para-hydroxylation sites is 1. The number of benzene rings is 2. The molecule has 0 atom stereocenters. The molecule has 2 aromatic carbocycles. The Kier molecular flexibility index (Phi) is 4.16. The van der Waals surface area contributed by atoms with Crippen LogP contribution >= 0.6 is 11.3 Å². The van der Waals surface area contributed by atoms with Gasteiger partial charge in [-0.25, -0.2) is 4.98 Å². The van der Waals surface area contributed by atoms with Crippen molar-refractivity contribution in [2.75, 3.05) is 11.9 Å². The number of ether oxygens (including phenoxy) is 1. The first kappa shape index (κ1) is 14.3. The second-order valence-electron chi connectivity index (χ2n) is 4.56. The first-order chi connectivity index (χ1) is 10.8. The van der Waals surface area contributed by atoms with Gasteiger partial charge in [-0.1, -0.05) is 36.1 Å². The van der Waals surface area contributed by atoms with Gasteiger partial charge in [0.15, 0.2) is 5.13 Å². The van der Waals surface area contributed by atoms with E-state index < -0.39 is 0 Å². The lowest BCUT2D eigenvalue weighted by atomic mass is 10.2. The van der Waals surface area contributed by atoms with Crippen LogP contribution in [0.15, 0.2) is 61.2 Å². The summed E-state index contributed by atoms with van der Waals surface area (Å²) in [5, 5.41) is 3.42. The number of hydrogen-bond donors (Lipinski definition) is 1. The monoisotopic (exact) mass is 310 g/mol. The van der Waals surface area contributed by atoms with Crippen molar-refractivity contribution in [2.24, 2.45) is 0 Å². The number of nitrogens with one attached hydrogen (secondary N) is 1. The molecule has 4 nitrogen and oxygen atoms in total. The fraction of sp³-hybridized carbons (Fsp3) is 0.0588. The largest absolute Gasteiger partial charge is 0.490 e. The Bertz CT molecular complexity index is 776. The molecule has 110 valence electrons. The van der Waals surface area contributed by atoms with Gasteiger partial charge in [0.2, 0.25) is 0 Å². The molecule has 5 heteroatoms. The van der Waals surface area contributed by atoms with E-state index in [1.807, 2.05) is 24.3 Å². The molecule has 0 aliphatic rings. The average molecular weight is 310 g/mol. The lowest BCUT2D eigenvalue weighted by Crippen LogP contribution is -2.11. The highest BCUT2D eigenvalue weighted by atomic mass is 32.1. The Hall–Kier alpha value is -2.66. The Morgan fingerprint density at radius 3 is 2.73 bits per heavy atom. The van der Waals surface area contributed by atoms with E-state index >= 15 is 0 Å². The Balaban J connectivity index is 1.72. The molecule has 3 aromatic rings. The number of fused-ring (bicyclic) bond motifs is 1. The molecule has 0 fully saturated rings. The molecule has 0 saturated carbocycles. The van der Waals surface area contributed by atoms with Crippen LogP contribution in [0.25, 0.3) is 10.2 Å². The van der Waals surface area contributed by atoms with Gasteiger partial charge >= 0.3 is 0 Å². The minimum absolute atomic E-state index is 0.186. The third-order valence-corrected chi connectivity index (χ3v) is 3.95. The van der Waals surface area contributed by atoms with E-state index in [1.165, 1.54) is 11.3 Å². The first-order valence-electron chi connectivity index (χ1n) is 6.77. The van der Waals surface area contributed by atoms with Gasteiger partial charge in [0, 0.05) is 5.56 Å². The number of aromatic nitrogens is 1. The summed E-state index contributed by atoms with van der Waals surface area (Å²) in [4.78, 5) is 16.6. The molecule has 3 rings (SSSR count). The number of amides is 1. The maximum Gasteiger partial charge on any atom is 0.257 e. The summed E-state index contributed by atoms with van der Waals surface area (Å²) < 4.78 is 6.44. The Labute approximate surface area is 132 Å². The van der Waals surface area contributed by atoms with E-state index in [-0.39, 0.29) is 5.91 Å². The minimum atomic E-state index is -0.186. The number of nitrogens with zero attached hydrogens (tertiary/aromatic N) is 1. The zero-order chi connectivity index (χ0) is 15.4. The fourth-order valence-corrected chi connectivity index (χ4v) is 2.81. The van der Waals surface area contributed by atoms with Crippen LogP contribution in [0.4, 0.5) is 5.13 Å². The lowest BCUT2D eigenvalue weighted by molar-refractivity contribution is 0.102. The summed E-state index contributed by atoms with van der Waals surface area (Å²) in [7, 11) is 0. The molecule has 1 heterocycles. The number of rotatable bonds is 5. The topological polar surface area (TPSA) is 51.2 Å². The fourth-order valence-electron chi connectivity index (χ4n) is 1.95. The molecule has 0 saturated heterocycles. The van der Waals surface area contributed by atoms with E-state index in [1.54, 1.807) is 30.3 Å². The second kappa shape index (κ2) is 6.41. The first-order valence-corrected chi connectivity index (χ1v) is 7.58. The number of carbonyl (C=O) groups excluding carboxylic acids is 1. The summed E-state index contributed by atoms with van der Waals surface area (Å²) in [5.74, 6) is 0.519. The van der Waals surface area contributed by atoms with E-state index in [0.29, 0.717) is 23.1 Å². The van der Waals surface area contributed by atoms with Crippen molar-refractivity contribution in [3.63, 3.8) is 0 Å². The standard InChI is InChI=1S/C17H14N2O2S/c1-2-11-21-13-9-7-12(8-10-13)16(20)19-17-18-14-5-3-4-6-15(14)22-17/h2-10H,1,11H2,(H,18,19,20). The van der Waals surface area contributed by atoms with Gasteiger partial charge in [-0.05, 0) is 36.4 Å². The van der Waals surface area contributed by atoms with Crippen molar-refractivity contribution in [1.29, 1.82) is 0 Å². The predicted molar refractivity (Wildman–Crippen MR) is 89.7 cm³/mol. The maximum atomic E-state index is 12.2. The number of anilines is 1. The average Bonchev–Trinajstić information content (AvgIpc) is 2.95. The summed E-state index contributed by atoms with van der Waals surface area (Å²) in [6.45, 7) is 4.03. The molecule has 0 radical (unpaired) electrons. The number of hydrogen-bond acceptors (Lipinski definition) is 4. The van der Waals surface area contributed by atoms with Gasteiger partial charge in [0.05, 0.1) is 10.2 Å². The highest BCUT2D eigenvalue weighted by Crippen LogP contribution is 2.25. The van der Waals surface area contributed by atoms with E-state index in [9.17, 15) is 4.79 Å². The third-order valence-electron chi connectivity index (χ3n) is 3.00. The van der Waals surface area contributed by atoms with Crippen LogP contribution in [-0.4, -0.2) is 17.5 Å². The highest BCUT2D eigenvalue weighted by Gasteiger charge is 2.09. The van der Waals surface area contributed by atoms with E-state index in [4.69, 9.17) is 4.74 Å². The van der Waals surface area contributed by atoms with Gasteiger partial charge in [-0.3, -0.25) is 10.1 Å². The molecule has 1 amide bonds. The van der Waals surface area contributed by atoms with Crippen LogP contribution in [0, 0.1) is 0 Å². The van der Waals surface area contributed by atoms with Crippen molar-refractivity contribution in [3.8, 4) is 5.75 Å². The van der Waals surface area contributed by atoms with Gasteiger partial charge in [0.1, 0.15) is 12.4 Å². The molecule has 1 aromatic heterocycles. The molecular weight excluding hydrogens is 296 g/mol. The van der Waals surface area contributed by atoms with Crippen molar-refractivity contribution in [3.05, 3.63) is 66.7 Å². The summed E-state index contributed by atoms with van der Waals surface area (Å²) in [5.41, 5.74) is 1.45. The van der Waals surface area contributed by atoms with Crippen molar-refractivity contribution >= 4 is 32.6 Å². The number of thiazole rings is 1.